The van der Waals surface area contributed by atoms with Crippen LogP contribution in [-0.4, -0.2) is 0 Å². The van der Waals surface area contributed by atoms with E-state index in [4.69, 9.17) is 5.26 Å². The maximum atomic E-state index is 8.55. The zero-order valence-electron chi connectivity index (χ0n) is 8.11. The molecule has 0 aliphatic heterocycles. The van der Waals surface area contributed by atoms with Crippen molar-refractivity contribution >= 4 is 6.08 Å². The lowest BCUT2D eigenvalue weighted by molar-refractivity contribution is 1.47. The third-order valence-electron chi connectivity index (χ3n) is 1.47. The summed E-state index contributed by atoms with van der Waals surface area (Å²) in [5.41, 5.74) is 1.57. The maximum Gasteiger partial charge on any atom is 0.0997 e. The van der Waals surface area contributed by atoms with Gasteiger partial charge in [0.1, 0.15) is 0 Å². The smallest absolute Gasteiger partial charge is 0.0997 e. The summed E-state index contributed by atoms with van der Waals surface area (Å²) in [7, 11) is 0. The second-order valence-corrected chi connectivity index (χ2v) is 2.37. The number of allylic oxidation sites excluding steroid dienone is 2. The molecule has 0 fully saturated rings. The van der Waals surface area contributed by atoms with Gasteiger partial charge in [-0.15, -0.1) is 0 Å². The van der Waals surface area contributed by atoms with Crippen LogP contribution in [0.25, 0.3) is 6.08 Å². The third kappa shape index (κ3) is 4.08. The minimum atomic E-state index is 0.678. The number of nitriles is 1. The predicted molar refractivity (Wildman–Crippen MR) is 61.6 cm³/mol. The van der Waals surface area contributed by atoms with Crippen LogP contribution in [0, 0.1) is 11.3 Å². The molecule has 0 unspecified atom stereocenters. The van der Waals surface area contributed by atoms with E-state index in [1.54, 1.807) is 24.3 Å². The molecule has 0 aliphatic rings. The summed E-state index contributed by atoms with van der Waals surface area (Å²) in [6, 6.07) is 9.44. The Kier molecular flexibility index (Phi) is 6.45. The van der Waals surface area contributed by atoms with Crippen LogP contribution in [-0.2, 0) is 0 Å². The standard InChI is InChI=1S/C9H7N.C4H6/c1-2-8-5-3-4-6-9(8)7-10;1-3-4-2/h2-6H,1H2;3-4H,1-2H2. The highest BCUT2D eigenvalue weighted by atomic mass is 14.2. The first-order chi connectivity index (χ1) is 6.79. The quantitative estimate of drug-likeness (QED) is 0.643. The molecular formula is C13H13N. The minimum absolute atomic E-state index is 0.678. The van der Waals surface area contributed by atoms with Crippen molar-refractivity contribution in [1.29, 1.82) is 5.26 Å². The van der Waals surface area contributed by atoms with Crippen molar-refractivity contribution in [3.8, 4) is 6.07 Å². The Morgan fingerprint density at radius 1 is 1.07 bits per heavy atom. The maximum absolute atomic E-state index is 8.55. The largest absolute Gasteiger partial charge is 0.192 e. The first-order valence-electron chi connectivity index (χ1n) is 4.15. The first-order valence-corrected chi connectivity index (χ1v) is 4.15. The molecule has 0 heterocycles. The van der Waals surface area contributed by atoms with E-state index in [9.17, 15) is 0 Å². The number of hydrogen-bond acceptors (Lipinski definition) is 1. The molecule has 0 N–H and O–H groups in total. The topological polar surface area (TPSA) is 23.8 Å². The molecule has 70 valence electrons. The molecule has 1 aromatic carbocycles. The molecule has 0 aromatic heterocycles. The van der Waals surface area contributed by atoms with Crippen LogP contribution in [0.2, 0.25) is 0 Å². The Balaban J connectivity index is 0.000000364. The molecule has 1 aromatic rings. The fraction of sp³-hybridized carbons (Fsp3) is 0. The highest BCUT2D eigenvalue weighted by Crippen LogP contribution is 2.07. The molecule has 1 heteroatoms. The zero-order valence-corrected chi connectivity index (χ0v) is 8.11. The second-order valence-electron chi connectivity index (χ2n) is 2.37. The van der Waals surface area contributed by atoms with Gasteiger partial charge in [0.25, 0.3) is 0 Å². The van der Waals surface area contributed by atoms with E-state index in [2.05, 4.69) is 25.8 Å². The lowest BCUT2D eigenvalue weighted by atomic mass is 10.1. The number of nitrogens with zero attached hydrogens (tertiary/aromatic N) is 1. The summed E-state index contributed by atoms with van der Waals surface area (Å²) in [6.45, 7) is 10.3. The SMILES string of the molecule is C=CC=C.C=Cc1ccccc1C#N. The summed E-state index contributed by atoms with van der Waals surface area (Å²) in [6.07, 6.45) is 4.96. The molecule has 0 saturated heterocycles. The molecule has 14 heavy (non-hydrogen) atoms. The Labute approximate surface area is 85.3 Å². The van der Waals surface area contributed by atoms with E-state index in [1.807, 2.05) is 18.2 Å². The monoisotopic (exact) mass is 183 g/mol. The van der Waals surface area contributed by atoms with Crippen molar-refractivity contribution in [2.45, 2.75) is 0 Å². The van der Waals surface area contributed by atoms with Gasteiger partial charge >= 0.3 is 0 Å². The average Bonchev–Trinajstić information content (AvgIpc) is 2.29. The second kappa shape index (κ2) is 7.57. The summed E-state index contributed by atoms with van der Waals surface area (Å²) in [4.78, 5) is 0. The van der Waals surface area contributed by atoms with Gasteiger partial charge < -0.3 is 0 Å². The Morgan fingerprint density at radius 2 is 1.64 bits per heavy atom. The third-order valence-corrected chi connectivity index (χ3v) is 1.47. The Bertz CT molecular complexity index is 350. The van der Waals surface area contributed by atoms with Crippen molar-refractivity contribution in [2.24, 2.45) is 0 Å². The van der Waals surface area contributed by atoms with Crippen LogP contribution >= 0.6 is 0 Å². The molecule has 0 atom stereocenters. The highest BCUT2D eigenvalue weighted by molar-refractivity contribution is 5.55. The van der Waals surface area contributed by atoms with Crippen molar-refractivity contribution in [1.82, 2.24) is 0 Å². The van der Waals surface area contributed by atoms with E-state index in [0.29, 0.717) is 5.56 Å². The lowest BCUT2D eigenvalue weighted by Crippen LogP contribution is -1.77. The first kappa shape index (κ1) is 11.9. The molecule has 1 rings (SSSR count). The van der Waals surface area contributed by atoms with Gasteiger partial charge in [0.05, 0.1) is 11.6 Å². The van der Waals surface area contributed by atoms with Gasteiger partial charge in [-0.1, -0.05) is 56.2 Å². The van der Waals surface area contributed by atoms with Gasteiger partial charge in [0, 0.05) is 0 Å². The Morgan fingerprint density at radius 3 is 2.00 bits per heavy atom. The molecule has 0 amide bonds. The van der Waals surface area contributed by atoms with E-state index in [0.717, 1.165) is 5.56 Å². The summed E-state index contributed by atoms with van der Waals surface area (Å²) < 4.78 is 0. The van der Waals surface area contributed by atoms with Crippen molar-refractivity contribution in [2.75, 3.05) is 0 Å². The predicted octanol–water partition coefficient (Wildman–Crippen LogP) is 3.56. The Hall–Kier alpha value is -2.07. The normalized spacial score (nSPS) is 7.36. The molecule has 0 aliphatic carbocycles. The summed E-state index contributed by atoms with van der Waals surface area (Å²) >= 11 is 0. The minimum Gasteiger partial charge on any atom is -0.192 e. The van der Waals surface area contributed by atoms with Gasteiger partial charge in [-0.2, -0.15) is 5.26 Å². The van der Waals surface area contributed by atoms with Crippen LogP contribution < -0.4 is 0 Å². The number of benzene rings is 1. The highest BCUT2D eigenvalue weighted by Gasteiger charge is 1.92. The fourth-order valence-electron chi connectivity index (χ4n) is 0.777. The van der Waals surface area contributed by atoms with Gasteiger partial charge in [-0.05, 0) is 11.6 Å². The van der Waals surface area contributed by atoms with Crippen LogP contribution in [0.5, 0.6) is 0 Å². The number of rotatable bonds is 2. The lowest BCUT2D eigenvalue weighted by Gasteiger charge is -1.92. The molecule has 0 bridgehead atoms. The summed E-state index contributed by atoms with van der Waals surface area (Å²) in [5, 5.41) is 8.55. The zero-order chi connectivity index (χ0) is 10.8. The molecular weight excluding hydrogens is 170 g/mol. The number of hydrogen-bond donors (Lipinski definition) is 0. The molecule has 0 spiro atoms. The van der Waals surface area contributed by atoms with E-state index in [1.165, 1.54) is 0 Å². The van der Waals surface area contributed by atoms with Gasteiger partial charge in [-0.3, -0.25) is 0 Å². The molecule has 1 nitrogen and oxygen atoms in total. The van der Waals surface area contributed by atoms with Crippen LogP contribution in [0.4, 0.5) is 0 Å². The fourth-order valence-corrected chi connectivity index (χ4v) is 0.777. The van der Waals surface area contributed by atoms with E-state index in [-0.39, 0.29) is 0 Å². The van der Waals surface area contributed by atoms with Crippen molar-refractivity contribution < 1.29 is 0 Å². The van der Waals surface area contributed by atoms with Crippen molar-refractivity contribution in [3.05, 3.63) is 67.3 Å². The van der Waals surface area contributed by atoms with Gasteiger partial charge in [-0.25, -0.2) is 0 Å². The average molecular weight is 183 g/mol. The van der Waals surface area contributed by atoms with Crippen LogP contribution in [0.1, 0.15) is 11.1 Å². The molecule has 0 saturated carbocycles. The molecule has 0 radical (unpaired) electrons. The van der Waals surface area contributed by atoms with Gasteiger partial charge in [0.15, 0.2) is 0 Å². The van der Waals surface area contributed by atoms with Crippen LogP contribution in [0.15, 0.2) is 56.2 Å². The van der Waals surface area contributed by atoms with E-state index >= 15 is 0 Å². The van der Waals surface area contributed by atoms with E-state index < -0.39 is 0 Å². The van der Waals surface area contributed by atoms with Crippen LogP contribution in [0.3, 0.4) is 0 Å². The van der Waals surface area contributed by atoms with Gasteiger partial charge in [0.2, 0.25) is 0 Å². The van der Waals surface area contributed by atoms with Crippen molar-refractivity contribution in [3.63, 3.8) is 0 Å². The summed E-state index contributed by atoms with van der Waals surface area (Å²) in [5.74, 6) is 0.